The second-order valence-electron chi connectivity index (χ2n) is 8.66. The molecule has 2 unspecified atom stereocenters. The lowest BCUT2D eigenvalue weighted by Crippen LogP contribution is -2.41. The number of hydrogen-bond donors (Lipinski definition) is 0. The van der Waals surface area contributed by atoms with Gasteiger partial charge >= 0.3 is 0 Å². The first-order valence-electron chi connectivity index (χ1n) is 11.3. The Hall–Kier alpha value is -2.48. The van der Waals surface area contributed by atoms with Crippen molar-refractivity contribution in [2.75, 3.05) is 60.7 Å². The van der Waals surface area contributed by atoms with Gasteiger partial charge in [0, 0.05) is 58.4 Å². The van der Waals surface area contributed by atoms with E-state index in [4.69, 9.17) is 14.2 Å². The number of rotatable bonds is 11. The highest BCUT2D eigenvalue weighted by atomic mass is 19.1. The van der Waals surface area contributed by atoms with Crippen LogP contribution in [0.2, 0.25) is 0 Å². The van der Waals surface area contributed by atoms with Gasteiger partial charge in [-0.3, -0.25) is 9.69 Å². The average Bonchev–Trinajstić information content (AvgIpc) is 3.21. The van der Waals surface area contributed by atoms with Crippen LogP contribution in [0.25, 0.3) is 0 Å². The number of likely N-dealkylation sites (tertiary alicyclic amines) is 1. The number of hydrogen-bond acceptors (Lipinski definition) is 5. The van der Waals surface area contributed by atoms with Gasteiger partial charge in [0.15, 0.2) is 0 Å². The summed E-state index contributed by atoms with van der Waals surface area (Å²) in [4.78, 5) is 16.8. The number of halogens is 1. The van der Waals surface area contributed by atoms with Crippen LogP contribution in [0.5, 0.6) is 5.75 Å². The van der Waals surface area contributed by atoms with Gasteiger partial charge in [-0.05, 0) is 30.5 Å². The van der Waals surface area contributed by atoms with Crippen LogP contribution in [-0.4, -0.2) is 76.4 Å². The SMILES string of the molecule is COCCN(CC1CN(Cc2cc(C)ccc2F)CC1c1ccccc1OC)C(=O)COC. The Kier molecular flexibility index (Phi) is 9.23. The topological polar surface area (TPSA) is 51.2 Å². The number of para-hydroxylation sites is 1. The highest BCUT2D eigenvalue weighted by Gasteiger charge is 2.37. The molecule has 6 nitrogen and oxygen atoms in total. The van der Waals surface area contributed by atoms with Crippen molar-refractivity contribution in [3.63, 3.8) is 0 Å². The maximum absolute atomic E-state index is 14.5. The third-order valence-corrected chi connectivity index (χ3v) is 6.29. The summed E-state index contributed by atoms with van der Waals surface area (Å²) in [5.41, 5.74) is 2.85. The van der Waals surface area contributed by atoms with Crippen molar-refractivity contribution in [1.82, 2.24) is 9.80 Å². The molecule has 0 aliphatic carbocycles. The zero-order valence-corrected chi connectivity index (χ0v) is 20.1. The third-order valence-electron chi connectivity index (χ3n) is 6.29. The normalized spacial score (nSPS) is 18.5. The van der Waals surface area contributed by atoms with Crippen molar-refractivity contribution < 1.29 is 23.4 Å². The lowest BCUT2D eigenvalue weighted by atomic mass is 9.88. The maximum Gasteiger partial charge on any atom is 0.248 e. The molecule has 2 aromatic carbocycles. The molecule has 2 aromatic rings. The zero-order chi connectivity index (χ0) is 23.8. The minimum Gasteiger partial charge on any atom is -0.496 e. The molecule has 0 spiro atoms. The number of nitrogens with zero attached hydrogens (tertiary/aromatic N) is 2. The first kappa shape index (κ1) is 25.1. The Bertz CT molecular complexity index is 923. The summed E-state index contributed by atoms with van der Waals surface area (Å²) >= 11 is 0. The van der Waals surface area contributed by atoms with Gasteiger partial charge in [-0.25, -0.2) is 4.39 Å². The molecule has 1 aliphatic rings. The van der Waals surface area contributed by atoms with Gasteiger partial charge in [0.2, 0.25) is 5.91 Å². The van der Waals surface area contributed by atoms with Gasteiger partial charge in [0.1, 0.15) is 18.2 Å². The molecule has 3 rings (SSSR count). The molecular formula is C26H35FN2O4. The Morgan fingerprint density at radius 2 is 1.91 bits per heavy atom. The summed E-state index contributed by atoms with van der Waals surface area (Å²) in [5.74, 6) is 0.898. The molecule has 1 amide bonds. The van der Waals surface area contributed by atoms with E-state index in [1.807, 2.05) is 36.1 Å². The van der Waals surface area contributed by atoms with E-state index in [0.717, 1.165) is 30.0 Å². The predicted octanol–water partition coefficient (Wildman–Crippen LogP) is 3.48. The molecule has 1 saturated heterocycles. The first-order valence-corrected chi connectivity index (χ1v) is 11.3. The molecule has 1 heterocycles. The number of carbonyl (C=O) groups excluding carboxylic acids is 1. The smallest absolute Gasteiger partial charge is 0.248 e. The van der Waals surface area contributed by atoms with E-state index < -0.39 is 0 Å². The minimum absolute atomic E-state index is 0.0357. The molecule has 0 radical (unpaired) electrons. The standard InChI is InChI=1S/C26H35FN2O4/c1-19-9-10-24(27)20(13-19)14-28-15-21(16-29(11-12-31-2)26(30)18-32-3)23(17-28)22-7-5-6-8-25(22)33-4/h5-10,13,21,23H,11-12,14-18H2,1-4H3. The van der Waals surface area contributed by atoms with Crippen LogP contribution in [0.4, 0.5) is 4.39 Å². The number of benzene rings is 2. The van der Waals surface area contributed by atoms with E-state index in [2.05, 4.69) is 11.0 Å². The van der Waals surface area contributed by atoms with Crippen LogP contribution in [0, 0.1) is 18.7 Å². The van der Waals surface area contributed by atoms with Gasteiger partial charge < -0.3 is 19.1 Å². The van der Waals surface area contributed by atoms with E-state index in [-0.39, 0.29) is 30.2 Å². The molecule has 33 heavy (non-hydrogen) atoms. The van der Waals surface area contributed by atoms with Crippen LogP contribution in [0.15, 0.2) is 42.5 Å². The van der Waals surface area contributed by atoms with E-state index in [0.29, 0.717) is 31.8 Å². The molecule has 2 atom stereocenters. The molecule has 0 N–H and O–H groups in total. The molecule has 0 aromatic heterocycles. The van der Waals surface area contributed by atoms with E-state index >= 15 is 0 Å². The summed E-state index contributed by atoms with van der Waals surface area (Å²) in [6.07, 6.45) is 0. The number of amides is 1. The van der Waals surface area contributed by atoms with E-state index in [1.165, 1.54) is 13.2 Å². The quantitative estimate of drug-likeness (QED) is 0.516. The Morgan fingerprint density at radius 1 is 1.12 bits per heavy atom. The summed E-state index contributed by atoms with van der Waals surface area (Å²) in [6, 6.07) is 13.3. The highest BCUT2D eigenvalue weighted by molar-refractivity contribution is 5.77. The number of methoxy groups -OCH3 is 3. The fourth-order valence-electron chi connectivity index (χ4n) is 4.68. The van der Waals surface area contributed by atoms with Crippen LogP contribution in [-0.2, 0) is 20.8 Å². The van der Waals surface area contributed by atoms with Crippen LogP contribution < -0.4 is 4.74 Å². The second kappa shape index (κ2) is 12.1. The van der Waals surface area contributed by atoms with Gasteiger partial charge in [0.05, 0.1) is 13.7 Å². The highest BCUT2D eigenvalue weighted by Crippen LogP contribution is 2.38. The van der Waals surface area contributed by atoms with E-state index in [9.17, 15) is 9.18 Å². The van der Waals surface area contributed by atoms with Crippen molar-refractivity contribution in [2.45, 2.75) is 19.4 Å². The number of aryl methyl sites for hydroxylation is 1. The van der Waals surface area contributed by atoms with Crippen LogP contribution in [0.1, 0.15) is 22.6 Å². The summed E-state index contributed by atoms with van der Waals surface area (Å²) < 4.78 is 30.5. The fraction of sp³-hybridized carbons (Fsp3) is 0.500. The lowest BCUT2D eigenvalue weighted by Gasteiger charge is -2.29. The van der Waals surface area contributed by atoms with Crippen LogP contribution in [0.3, 0.4) is 0 Å². The Balaban J connectivity index is 1.86. The first-order chi connectivity index (χ1) is 16.0. The van der Waals surface area contributed by atoms with Gasteiger partial charge in [0.25, 0.3) is 0 Å². The zero-order valence-electron chi connectivity index (χ0n) is 20.1. The summed E-state index contributed by atoms with van der Waals surface area (Å²) in [6.45, 7) is 5.58. The number of carbonyl (C=O) groups is 1. The average molecular weight is 459 g/mol. The molecule has 7 heteroatoms. The van der Waals surface area contributed by atoms with Gasteiger partial charge in [-0.15, -0.1) is 0 Å². The molecule has 0 bridgehead atoms. The Morgan fingerprint density at radius 3 is 2.64 bits per heavy atom. The fourth-order valence-corrected chi connectivity index (χ4v) is 4.68. The molecule has 1 fully saturated rings. The van der Waals surface area contributed by atoms with Gasteiger partial charge in [-0.1, -0.05) is 35.9 Å². The van der Waals surface area contributed by atoms with Crippen molar-refractivity contribution in [3.8, 4) is 5.75 Å². The van der Waals surface area contributed by atoms with Crippen LogP contribution >= 0.6 is 0 Å². The van der Waals surface area contributed by atoms with Crippen molar-refractivity contribution in [1.29, 1.82) is 0 Å². The molecule has 0 saturated carbocycles. The van der Waals surface area contributed by atoms with Crippen molar-refractivity contribution >= 4 is 5.91 Å². The van der Waals surface area contributed by atoms with Crippen molar-refractivity contribution in [3.05, 3.63) is 65.0 Å². The molecular weight excluding hydrogens is 423 g/mol. The molecule has 180 valence electrons. The lowest BCUT2D eigenvalue weighted by molar-refractivity contribution is -0.136. The monoisotopic (exact) mass is 458 g/mol. The minimum atomic E-state index is -0.185. The third kappa shape index (κ3) is 6.53. The number of ether oxygens (including phenoxy) is 3. The molecule has 1 aliphatic heterocycles. The van der Waals surface area contributed by atoms with Gasteiger partial charge in [-0.2, -0.15) is 0 Å². The van der Waals surface area contributed by atoms with Crippen molar-refractivity contribution in [2.24, 2.45) is 5.92 Å². The Labute approximate surface area is 196 Å². The summed E-state index contributed by atoms with van der Waals surface area (Å²) in [5, 5.41) is 0. The second-order valence-corrected chi connectivity index (χ2v) is 8.66. The summed E-state index contributed by atoms with van der Waals surface area (Å²) in [7, 11) is 4.83. The van der Waals surface area contributed by atoms with E-state index in [1.54, 1.807) is 20.3 Å². The maximum atomic E-state index is 14.5. The largest absolute Gasteiger partial charge is 0.496 e. The predicted molar refractivity (Wildman–Crippen MR) is 126 cm³/mol.